The first-order valence-corrected chi connectivity index (χ1v) is 6.36. The number of hydrogen-bond acceptors (Lipinski definition) is 3. The van der Waals surface area contributed by atoms with Crippen LogP contribution in [-0.2, 0) is 0 Å². The van der Waals surface area contributed by atoms with Gasteiger partial charge < -0.3 is 5.01 Å². The Morgan fingerprint density at radius 3 is 2.57 bits per heavy atom. The molecule has 0 saturated carbocycles. The average Bonchev–Trinajstić information content (AvgIpc) is 2.49. The fraction of sp³-hybridized carbons (Fsp3) is 0.818. The van der Waals surface area contributed by atoms with Crippen LogP contribution in [0.15, 0.2) is 11.3 Å². The molecule has 2 aliphatic heterocycles. The topological polar surface area (TPSA) is 15.3 Å². The lowest BCUT2D eigenvalue weighted by Gasteiger charge is -2.37. The van der Waals surface area contributed by atoms with Gasteiger partial charge in [-0.3, -0.25) is 0 Å². The van der Waals surface area contributed by atoms with Crippen molar-refractivity contribution >= 4 is 11.8 Å². The minimum atomic E-state index is 0.176. The minimum Gasteiger partial charge on any atom is -0.307 e. The molecule has 2 heterocycles. The van der Waals surface area contributed by atoms with E-state index in [4.69, 9.17) is 0 Å². The van der Waals surface area contributed by atoms with E-state index in [1.165, 1.54) is 17.2 Å². The van der Waals surface area contributed by atoms with Crippen LogP contribution in [0, 0.1) is 0 Å². The van der Waals surface area contributed by atoms with Gasteiger partial charge >= 0.3 is 0 Å². The molecule has 1 unspecified atom stereocenters. The predicted molar refractivity (Wildman–Crippen MR) is 63.2 cm³/mol. The lowest BCUT2D eigenvalue weighted by molar-refractivity contribution is 0.108. The number of nitrogens with zero attached hydrogens (tertiary/aromatic N) is 1. The fourth-order valence-corrected chi connectivity index (χ4v) is 3.82. The lowest BCUT2D eigenvalue weighted by Crippen LogP contribution is -2.53. The molecule has 2 nitrogen and oxygen atoms in total. The minimum absolute atomic E-state index is 0.176. The monoisotopic (exact) mass is 212 g/mol. The SMILES string of the molecule is CC1=C2CSCC2(C)NN1C(C)(C)C. The van der Waals surface area contributed by atoms with Crippen LogP contribution in [0.25, 0.3) is 0 Å². The lowest BCUT2D eigenvalue weighted by atomic mass is 9.97. The second-order valence-corrected chi connectivity index (χ2v) is 6.49. The summed E-state index contributed by atoms with van der Waals surface area (Å²) in [4.78, 5) is 0. The van der Waals surface area contributed by atoms with Crippen molar-refractivity contribution in [1.29, 1.82) is 0 Å². The maximum atomic E-state index is 3.66. The van der Waals surface area contributed by atoms with Crippen molar-refractivity contribution in [2.75, 3.05) is 11.5 Å². The Morgan fingerprint density at radius 2 is 2.07 bits per heavy atom. The van der Waals surface area contributed by atoms with E-state index in [2.05, 4.69) is 45.1 Å². The van der Waals surface area contributed by atoms with E-state index in [1.807, 2.05) is 11.8 Å². The highest BCUT2D eigenvalue weighted by Gasteiger charge is 2.45. The van der Waals surface area contributed by atoms with Crippen molar-refractivity contribution < 1.29 is 0 Å². The van der Waals surface area contributed by atoms with Crippen LogP contribution < -0.4 is 5.43 Å². The van der Waals surface area contributed by atoms with Gasteiger partial charge in [0.15, 0.2) is 0 Å². The quantitative estimate of drug-likeness (QED) is 0.664. The third-order valence-electron chi connectivity index (χ3n) is 3.10. The van der Waals surface area contributed by atoms with Gasteiger partial charge in [0.25, 0.3) is 0 Å². The summed E-state index contributed by atoms with van der Waals surface area (Å²) in [6, 6.07) is 0. The highest BCUT2D eigenvalue weighted by molar-refractivity contribution is 7.99. The summed E-state index contributed by atoms with van der Waals surface area (Å²) in [7, 11) is 0. The van der Waals surface area contributed by atoms with E-state index in [0.29, 0.717) is 0 Å². The van der Waals surface area contributed by atoms with Crippen LogP contribution in [0.1, 0.15) is 34.6 Å². The van der Waals surface area contributed by atoms with Gasteiger partial charge in [0.2, 0.25) is 0 Å². The molecule has 1 fully saturated rings. The van der Waals surface area contributed by atoms with Crippen molar-refractivity contribution in [3.63, 3.8) is 0 Å². The van der Waals surface area contributed by atoms with Crippen LogP contribution in [0.3, 0.4) is 0 Å². The van der Waals surface area contributed by atoms with E-state index in [1.54, 1.807) is 5.57 Å². The molecule has 2 aliphatic rings. The van der Waals surface area contributed by atoms with Crippen molar-refractivity contribution in [2.24, 2.45) is 0 Å². The molecule has 0 bridgehead atoms. The molecule has 0 aromatic carbocycles. The van der Waals surface area contributed by atoms with Gasteiger partial charge in [0.05, 0.1) is 5.54 Å². The molecule has 0 aliphatic carbocycles. The standard InChI is InChI=1S/C11H20N2S/c1-8-9-6-14-7-11(9,5)12-13(8)10(2,3)4/h12H,6-7H2,1-5H3. The number of fused-ring (bicyclic) bond motifs is 1. The zero-order valence-electron chi connectivity index (χ0n) is 9.77. The Morgan fingerprint density at radius 1 is 1.43 bits per heavy atom. The fourth-order valence-electron chi connectivity index (χ4n) is 2.34. The average molecular weight is 212 g/mol. The predicted octanol–water partition coefficient (Wildman–Crippen LogP) is 2.38. The van der Waals surface area contributed by atoms with E-state index in [-0.39, 0.29) is 11.1 Å². The van der Waals surface area contributed by atoms with Crippen molar-refractivity contribution in [3.05, 3.63) is 11.3 Å². The second kappa shape index (κ2) is 2.92. The van der Waals surface area contributed by atoms with Crippen LogP contribution in [-0.4, -0.2) is 27.6 Å². The van der Waals surface area contributed by atoms with Crippen LogP contribution in [0.2, 0.25) is 0 Å². The smallest absolute Gasteiger partial charge is 0.0672 e. The van der Waals surface area contributed by atoms with Crippen molar-refractivity contribution in [1.82, 2.24) is 10.4 Å². The maximum Gasteiger partial charge on any atom is 0.0672 e. The van der Waals surface area contributed by atoms with Crippen LogP contribution in [0.5, 0.6) is 0 Å². The molecule has 0 amide bonds. The molecule has 0 aromatic rings. The number of allylic oxidation sites excluding steroid dienone is 1. The number of hydrogen-bond donors (Lipinski definition) is 1. The normalized spacial score (nSPS) is 32.8. The van der Waals surface area contributed by atoms with Gasteiger partial charge in [-0.1, -0.05) is 0 Å². The summed E-state index contributed by atoms with van der Waals surface area (Å²) in [6.07, 6.45) is 0. The zero-order chi connectivity index (χ0) is 10.6. The molecule has 1 N–H and O–H groups in total. The number of rotatable bonds is 0. The van der Waals surface area contributed by atoms with Crippen LogP contribution >= 0.6 is 11.8 Å². The zero-order valence-corrected chi connectivity index (χ0v) is 10.6. The number of thioether (sulfide) groups is 1. The molecule has 14 heavy (non-hydrogen) atoms. The van der Waals surface area contributed by atoms with Gasteiger partial charge in [-0.05, 0) is 40.2 Å². The Balaban J connectivity index is 2.34. The molecule has 0 radical (unpaired) electrons. The summed E-state index contributed by atoms with van der Waals surface area (Å²) in [6.45, 7) is 11.3. The molecule has 0 aromatic heterocycles. The van der Waals surface area contributed by atoms with E-state index < -0.39 is 0 Å². The molecular weight excluding hydrogens is 192 g/mol. The van der Waals surface area contributed by atoms with Gasteiger partial charge in [-0.2, -0.15) is 11.8 Å². The molecule has 0 spiro atoms. The number of hydrazine groups is 1. The highest BCUT2D eigenvalue weighted by atomic mass is 32.2. The second-order valence-electron chi connectivity index (χ2n) is 5.51. The Kier molecular flexibility index (Phi) is 2.16. The Hall–Kier alpha value is -0.150. The summed E-state index contributed by atoms with van der Waals surface area (Å²) in [5.41, 5.74) is 7.09. The molecule has 1 atom stereocenters. The van der Waals surface area contributed by atoms with Crippen molar-refractivity contribution in [3.8, 4) is 0 Å². The number of nitrogens with one attached hydrogen (secondary N) is 1. The Bertz CT molecular complexity index is 290. The first kappa shape index (κ1) is 10.4. The van der Waals surface area contributed by atoms with Gasteiger partial charge in [0.1, 0.15) is 0 Å². The molecule has 3 heteroatoms. The van der Waals surface area contributed by atoms with Gasteiger partial charge in [0, 0.05) is 22.7 Å². The van der Waals surface area contributed by atoms with Gasteiger partial charge in [-0.25, -0.2) is 5.43 Å². The third kappa shape index (κ3) is 1.38. The van der Waals surface area contributed by atoms with E-state index in [0.717, 1.165) is 0 Å². The maximum absolute atomic E-state index is 3.66. The molecule has 80 valence electrons. The summed E-state index contributed by atoms with van der Waals surface area (Å²) < 4.78 is 0. The summed E-state index contributed by atoms with van der Waals surface area (Å²) in [5.74, 6) is 2.40. The first-order chi connectivity index (χ1) is 6.34. The molecule has 2 rings (SSSR count). The summed E-state index contributed by atoms with van der Waals surface area (Å²) in [5, 5.41) is 2.34. The summed E-state index contributed by atoms with van der Waals surface area (Å²) >= 11 is 2.03. The highest BCUT2D eigenvalue weighted by Crippen LogP contribution is 2.42. The van der Waals surface area contributed by atoms with Crippen LogP contribution in [0.4, 0.5) is 0 Å². The van der Waals surface area contributed by atoms with Crippen molar-refractivity contribution in [2.45, 2.75) is 45.7 Å². The van der Waals surface area contributed by atoms with E-state index in [9.17, 15) is 0 Å². The molecular formula is C11H20N2S. The Labute approximate surface area is 91.1 Å². The first-order valence-electron chi connectivity index (χ1n) is 5.21. The van der Waals surface area contributed by atoms with Gasteiger partial charge in [-0.15, -0.1) is 0 Å². The van der Waals surface area contributed by atoms with E-state index >= 15 is 0 Å². The largest absolute Gasteiger partial charge is 0.307 e. The molecule has 1 saturated heterocycles. The third-order valence-corrected chi connectivity index (χ3v) is 4.38.